The molecule has 0 amide bonds. The molecule has 0 N–H and O–H groups in total. The second-order valence-corrected chi connectivity index (χ2v) is 16.9. The van der Waals surface area contributed by atoms with Crippen molar-refractivity contribution in [3.05, 3.63) is 29.8 Å². The first-order chi connectivity index (χ1) is 11.9. The van der Waals surface area contributed by atoms with E-state index in [1.807, 2.05) is 0 Å². The Morgan fingerprint density at radius 1 is 1.03 bits per heavy atom. The summed E-state index contributed by atoms with van der Waals surface area (Å²) in [5.74, 6) is 2.08. The molecule has 0 saturated heterocycles. The fourth-order valence-corrected chi connectivity index (χ4v) is 8.13. The Bertz CT molecular complexity index is 720. The predicted molar refractivity (Wildman–Crippen MR) is 118 cm³/mol. The largest absolute Gasteiger partial charge is 2.00 e. The Kier molecular flexibility index (Phi) is 10.4. The average Bonchev–Trinajstić information content (AvgIpc) is 2.42. The summed E-state index contributed by atoms with van der Waals surface area (Å²) in [6, 6.07) is 9.95. The summed E-state index contributed by atoms with van der Waals surface area (Å²) in [4.78, 5) is 0. The molecule has 4 fully saturated rings. The van der Waals surface area contributed by atoms with Crippen molar-refractivity contribution in [2.75, 3.05) is 0 Å². The van der Waals surface area contributed by atoms with Gasteiger partial charge in [0.05, 0.1) is 0 Å². The van der Waals surface area contributed by atoms with Crippen LogP contribution in [0.1, 0.15) is 78.7 Å². The minimum atomic E-state index is -1.84. The van der Waals surface area contributed by atoms with Gasteiger partial charge in [0.25, 0.3) is 0 Å². The van der Waals surface area contributed by atoms with Crippen LogP contribution in [0, 0.1) is 22.8 Å². The monoisotopic (exact) mass is 514 g/mol. The van der Waals surface area contributed by atoms with Gasteiger partial charge >= 0.3 is 41.9 Å². The van der Waals surface area contributed by atoms with Gasteiger partial charge in [-0.15, -0.1) is 11.6 Å². The predicted octanol–water partition coefficient (Wildman–Crippen LogP) is -2.25. The van der Waals surface area contributed by atoms with Crippen molar-refractivity contribution in [3.63, 3.8) is 0 Å². The van der Waals surface area contributed by atoms with Gasteiger partial charge in [0.1, 0.15) is 0 Å². The Balaban J connectivity index is 0.00000210. The van der Waals surface area contributed by atoms with Crippen molar-refractivity contribution in [3.8, 4) is 5.75 Å². The maximum absolute atomic E-state index is 6.87. The fourth-order valence-electron chi connectivity index (χ4n) is 7.10. The van der Waals surface area contributed by atoms with E-state index in [0.29, 0.717) is 16.2 Å². The molecule has 0 heterocycles. The third-order valence-electron chi connectivity index (χ3n) is 8.19. The normalized spacial score (nSPS) is 34.0. The fraction of sp³-hybridized carbons (Fsp3) is 0.750. The summed E-state index contributed by atoms with van der Waals surface area (Å²) in [7, 11) is -1.84. The van der Waals surface area contributed by atoms with E-state index in [1.165, 1.54) is 49.8 Å². The number of rotatable bonds is 3. The molecule has 1 aromatic carbocycles. The van der Waals surface area contributed by atoms with Crippen molar-refractivity contribution >= 4 is 31.4 Å². The standard InChI is InChI=1S/C24H37OSi.BrH.ClH.Li.Mg/c1-21(2,3)26(6,7)25-20-11-9-8-10-19(20)24-14-18-12-22(4,16-24)15-23(5,13-18)17-24;;;;/h9-11,18H,12-17H2,1-7H3;2*1H;;/q-1;;;+1;+2/p-2. The quantitative estimate of drug-likeness (QED) is 0.326. The molecule has 4 aliphatic rings. The molecule has 2 unspecified atom stereocenters. The molecule has 4 bridgehead atoms. The zero-order valence-corrected chi connectivity index (χ0v) is 25.2. The number of halogens is 2. The van der Waals surface area contributed by atoms with E-state index in [4.69, 9.17) is 4.43 Å². The van der Waals surface area contributed by atoms with Gasteiger partial charge in [0, 0.05) is 0 Å². The molecule has 5 rings (SSSR count). The second-order valence-electron chi connectivity index (χ2n) is 12.2. The van der Waals surface area contributed by atoms with Gasteiger partial charge in [-0.3, -0.25) is 0 Å². The van der Waals surface area contributed by atoms with Crippen LogP contribution in [0.4, 0.5) is 0 Å². The van der Waals surface area contributed by atoms with E-state index < -0.39 is 8.32 Å². The topological polar surface area (TPSA) is 9.23 Å². The van der Waals surface area contributed by atoms with E-state index in [9.17, 15) is 0 Å². The van der Waals surface area contributed by atoms with Crippen LogP contribution in [0.25, 0.3) is 0 Å². The van der Waals surface area contributed by atoms with E-state index in [0.717, 1.165) is 5.92 Å². The molecule has 6 heteroatoms. The van der Waals surface area contributed by atoms with Crippen LogP contribution in [0.3, 0.4) is 0 Å². The molecule has 4 saturated carbocycles. The third-order valence-corrected chi connectivity index (χ3v) is 12.5. The minimum absolute atomic E-state index is 0. The summed E-state index contributed by atoms with van der Waals surface area (Å²) >= 11 is 0. The molecule has 2 atom stereocenters. The van der Waals surface area contributed by atoms with E-state index in [1.54, 1.807) is 0 Å². The molecule has 4 aliphatic carbocycles. The number of benzene rings is 1. The molecular weight excluding hydrogens is 479 g/mol. The SMILES string of the molecule is CC12CC3CC(C)(C1)CC(c1c[c-]ccc1O[Si](C)(C)C(C)(C)C)(C3)C2.[Br-].[Cl-].[Li+].[Mg+2]. The Labute approximate surface area is 231 Å². The van der Waals surface area contributed by atoms with Crippen LogP contribution in [0.5, 0.6) is 5.75 Å². The van der Waals surface area contributed by atoms with Gasteiger partial charge in [0.2, 0.25) is 8.32 Å². The van der Waals surface area contributed by atoms with Crippen molar-refractivity contribution < 1.29 is 52.7 Å². The van der Waals surface area contributed by atoms with Gasteiger partial charge in [-0.2, -0.15) is 18.2 Å². The maximum Gasteiger partial charge on any atom is 2.00 e. The summed E-state index contributed by atoms with van der Waals surface area (Å²) in [6.45, 7) is 16.9. The molecule has 160 valence electrons. The van der Waals surface area contributed by atoms with Crippen molar-refractivity contribution in [1.29, 1.82) is 0 Å². The summed E-state index contributed by atoms with van der Waals surface area (Å²) in [6.07, 6.45) is 8.37. The maximum atomic E-state index is 6.87. The Morgan fingerprint density at radius 2 is 1.57 bits per heavy atom. The second kappa shape index (κ2) is 9.93. The summed E-state index contributed by atoms with van der Waals surface area (Å²) in [5.41, 5.74) is 2.85. The molecule has 1 aromatic rings. The van der Waals surface area contributed by atoms with Gasteiger partial charge in [-0.1, -0.05) is 41.0 Å². The molecule has 0 aromatic heterocycles. The minimum Gasteiger partial charge on any atom is -1.00 e. The molecule has 30 heavy (non-hydrogen) atoms. The van der Waals surface area contributed by atoms with Crippen LogP contribution in [-0.2, 0) is 5.41 Å². The summed E-state index contributed by atoms with van der Waals surface area (Å²) in [5, 5.41) is 0.225. The zero-order valence-electron chi connectivity index (χ0n) is 20.4. The van der Waals surface area contributed by atoms with Crippen LogP contribution in [-0.4, -0.2) is 31.4 Å². The zero-order chi connectivity index (χ0) is 19.0. The van der Waals surface area contributed by atoms with E-state index in [-0.39, 0.29) is 76.3 Å². The summed E-state index contributed by atoms with van der Waals surface area (Å²) < 4.78 is 6.87. The molecule has 0 aliphatic heterocycles. The molecule has 0 spiro atoms. The average molecular weight is 516 g/mol. The van der Waals surface area contributed by atoms with Crippen molar-refractivity contribution in [2.45, 2.75) is 96.7 Å². The first kappa shape index (κ1) is 31.4. The van der Waals surface area contributed by atoms with Gasteiger partial charge < -0.3 is 33.8 Å². The Hall–Kier alpha value is 1.37. The van der Waals surface area contributed by atoms with E-state index in [2.05, 4.69) is 72.0 Å². The van der Waals surface area contributed by atoms with Crippen LogP contribution >= 0.6 is 0 Å². The number of hydrogen-bond acceptors (Lipinski definition) is 1. The van der Waals surface area contributed by atoms with Crippen molar-refractivity contribution in [2.24, 2.45) is 16.7 Å². The van der Waals surface area contributed by atoms with Crippen LogP contribution in [0.2, 0.25) is 18.1 Å². The van der Waals surface area contributed by atoms with Gasteiger partial charge in [-0.05, 0) is 78.1 Å². The molecule has 0 radical (unpaired) electrons. The molecule has 1 nitrogen and oxygen atoms in total. The first-order valence-corrected chi connectivity index (χ1v) is 13.5. The number of hydrogen-bond donors (Lipinski definition) is 0. The Morgan fingerprint density at radius 3 is 2.03 bits per heavy atom. The molecular formula is C24H37BrClLiMgOSi. The first-order valence-electron chi connectivity index (χ1n) is 10.6. The van der Waals surface area contributed by atoms with E-state index >= 15 is 0 Å². The van der Waals surface area contributed by atoms with Crippen molar-refractivity contribution in [1.82, 2.24) is 0 Å². The smallest absolute Gasteiger partial charge is 1.00 e. The third kappa shape index (κ3) is 5.53. The van der Waals surface area contributed by atoms with Crippen LogP contribution in [0.15, 0.2) is 18.2 Å². The van der Waals surface area contributed by atoms with Gasteiger partial charge in [-0.25, -0.2) is 0 Å². The van der Waals surface area contributed by atoms with Gasteiger partial charge in [0.15, 0.2) is 0 Å². The van der Waals surface area contributed by atoms with Crippen LogP contribution < -0.4 is 52.7 Å².